The predicted molar refractivity (Wildman–Crippen MR) is 56.6 cm³/mol. The van der Waals surface area contributed by atoms with Crippen molar-refractivity contribution in [2.24, 2.45) is 0 Å². The van der Waals surface area contributed by atoms with Crippen molar-refractivity contribution in [2.45, 2.75) is 26.4 Å². The first kappa shape index (κ1) is 11.9. The number of ketones is 1. The summed E-state index contributed by atoms with van der Waals surface area (Å²) in [4.78, 5) is 11.7. The molecule has 0 saturated heterocycles. The van der Waals surface area contributed by atoms with Gasteiger partial charge in [-0.1, -0.05) is 0 Å². The van der Waals surface area contributed by atoms with Crippen LogP contribution >= 0.6 is 0 Å². The van der Waals surface area contributed by atoms with Gasteiger partial charge in [0.25, 0.3) is 0 Å². The van der Waals surface area contributed by atoms with Crippen molar-refractivity contribution in [2.75, 3.05) is 7.11 Å². The van der Waals surface area contributed by atoms with E-state index >= 15 is 0 Å². The molecule has 1 rings (SSSR count). The van der Waals surface area contributed by atoms with Crippen LogP contribution in [0.25, 0.3) is 0 Å². The molecule has 1 aromatic rings. The summed E-state index contributed by atoms with van der Waals surface area (Å²) in [5.74, 6) is -0.463. The molecule has 0 aliphatic heterocycles. The predicted octanol–water partition coefficient (Wildman–Crippen LogP) is 2.74. The molecule has 0 bridgehead atoms. The zero-order chi connectivity index (χ0) is 11.4. The first-order valence-electron chi connectivity index (χ1n) is 4.86. The number of carbonyl (C=O) groups is 1. The molecule has 1 unspecified atom stereocenters. The van der Waals surface area contributed by atoms with Crippen LogP contribution in [0.15, 0.2) is 18.2 Å². The third kappa shape index (κ3) is 3.44. The third-order valence-electron chi connectivity index (χ3n) is 2.24. The van der Waals surface area contributed by atoms with Crippen molar-refractivity contribution in [3.8, 4) is 0 Å². The highest BCUT2D eigenvalue weighted by molar-refractivity contribution is 5.96. The Bertz CT molecular complexity index is 340. The van der Waals surface area contributed by atoms with Gasteiger partial charge in [-0.2, -0.15) is 0 Å². The van der Waals surface area contributed by atoms with Gasteiger partial charge >= 0.3 is 0 Å². The Morgan fingerprint density at radius 2 is 2.13 bits per heavy atom. The second-order valence-electron chi connectivity index (χ2n) is 3.69. The molecule has 0 aliphatic rings. The number of halogens is 1. The second-order valence-corrected chi connectivity index (χ2v) is 3.69. The second kappa shape index (κ2) is 5.03. The first-order valence-corrected chi connectivity index (χ1v) is 4.86. The van der Waals surface area contributed by atoms with E-state index in [1.807, 2.05) is 6.92 Å². The Hall–Kier alpha value is -1.22. The molecule has 2 nitrogen and oxygen atoms in total. The topological polar surface area (TPSA) is 26.3 Å². The van der Waals surface area contributed by atoms with Crippen molar-refractivity contribution >= 4 is 5.78 Å². The van der Waals surface area contributed by atoms with E-state index in [-0.39, 0.29) is 24.1 Å². The SMILES string of the molecule is COC(C)CC(=O)c1cc(C)cc(F)c1. The number of hydrogen-bond acceptors (Lipinski definition) is 2. The molecule has 0 saturated carbocycles. The molecule has 0 fully saturated rings. The third-order valence-corrected chi connectivity index (χ3v) is 2.24. The quantitative estimate of drug-likeness (QED) is 0.714. The first-order chi connectivity index (χ1) is 7.02. The van der Waals surface area contributed by atoms with Gasteiger partial charge in [-0.3, -0.25) is 4.79 Å². The van der Waals surface area contributed by atoms with Crippen LogP contribution in [-0.2, 0) is 4.74 Å². The highest BCUT2D eigenvalue weighted by Gasteiger charge is 2.11. The fraction of sp³-hybridized carbons (Fsp3) is 0.417. The van der Waals surface area contributed by atoms with Crippen LogP contribution in [0.4, 0.5) is 4.39 Å². The molecule has 1 aromatic carbocycles. The molecule has 82 valence electrons. The Labute approximate surface area is 89.1 Å². The lowest BCUT2D eigenvalue weighted by Crippen LogP contribution is -2.12. The molecule has 15 heavy (non-hydrogen) atoms. The number of hydrogen-bond donors (Lipinski definition) is 0. The molecule has 0 aromatic heterocycles. The highest BCUT2D eigenvalue weighted by Crippen LogP contribution is 2.12. The summed E-state index contributed by atoms with van der Waals surface area (Å²) in [6, 6.07) is 4.35. The summed E-state index contributed by atoms with van der Waals surface area (Å²) in [6.07, 6.45) is 0.139. The molecular formula is C12H15FO2. The van der Waals surface area contributed by atoms with Crippen LogP contribution in [-0.4, -0.2) is 19.0 Å². The van der Waals surface area contributed by atoms with E-state index in [0.29, 0.717) is 5.56 Å². The lowest BCUT2D eigenvalue weighted by molar-refractivity contribution is 0.0791. The Morgan fingerprint density at radius 1 is 1.47 bits per heavy atom. The summed E-state index contributed by atoms with van der Waals surface area (Å²) in [7, 11) is 1.55. The molecule has 0 aliphatic carbocycles. The number of methoxy groups -OCH3 is 1. The average molecular weight is 210 g/mol. The monoisotopic (exact) mass is 210 g/mol. The molecule has 1 atom stereocenters. The Kier molecular flexibility index (Phi) is 3.97. The maximum Gasteiger partial charge on any atom is 0.165 e. The number of ether oxygens (including phenoxy) is 1. The lowest BCUT2D eigenvalue weighted by Gasteiger charge is -2.08. The highest BCUT2D eigenvalue weighted by atomic mass is 19.1. The number of benzene rings is 1. The van der Waals surface area contributed by atoms with Gasteiger partial charge in [0.15, 0.2) is 5.78 Å². The largest absolute Gasteiger partial charge is 0.381 e. The fourth-order valence-electron chi connectivity index (χ4n) is 1.36. The van der Waals surface area contributed by atoms with Gasteiger partial charge in [-0.05, 0) is 37.6 Å². The fourth-order valence-corrected chi connectivity index (χ4v) is 1.36. The minimum atomic E-state index is -0.372. The molecule has 3 heteroatoms. The minimum Gasteiger partial charge on any atom is -0.381 e. The number of Topliss-reactive ketones (excluding diaryl/α,β-unsaturated/α-hetero) is 1. The normalized spacial score (nSPS) is 12.5. The van der Waals surface area contributed by atoms with E-state index in [4.69, 9.17) is 4.74 Å². The van der Waals surface area contributed by atoms with E-state index < -0.39 is 0 Å². The number of aryl methyl sites for hydroxylation is 1. The summed E-state index contributed by atoms with van der Waals surface area (Å²) in [6.45, 7) is 3.57. The zero-order valence-corrected chi connectivity index (χ0v) is 9.21. The molecule has 0 N–H and O–H groups in total. The van der Waals surface area contributed by atoms with Gasteiger partial charge in [-0.25, -0.2) is 4.39 Å². The van der Waals surface area contributed by atoms with Gasteiger partial charge < -0.3 is 4.74 Å². The van der Waals surface area contributed by atoms with Crippen molar-refractivity contribution < 1.29 is 13.9 Å². The van der Waals surface area contributed by atoms with E-state index in [2.05, 4.69) is 0 Å². The smallest absolute Gasteiger partial charge is 0.165 e. The summed E-state index contributed by atoms with van der Waals surface area (Å²) in [5.41, 5.74) is 1.17. The van der Waals surface area contributed by atoms with Crippen molar-refractivity contribution in [1.29, 1.82) is 0 Å². The molecular weight excluding hydrogens is 195 g/mol. The van der Waals surface area contributed by atoms with Crippen LogP contribution in [0, 0.1) is 12.7 Å². The molecule has 0 amide bonds. The van der Waals surface area contributed by atoms with Crippen LogP contribution in [0.2, 0.25) is 0 Å². The number of carbonyl (C=O) groups excluding carboxylic acids is 1. The van der Waals surface area contributed by atoms with Gasteiger partial charge in [0, 0.05) is 19.1 Å². The molecule has 0 spiro atoms. The molecule has 0 radical (unpaired) electrons. The maximum absolute atomic E-state index is 13.0. The van der Waals surface area contributed by atoms with E-state index in [1.165, 1.54) is 12.1 Å². The lowest BCUT2D eigenvalue weighted by atomic mass is 10.0. The van der Waals surface area contributed by atoms with Crippen LogP contribution in [0.5, 0.6) is 0 Å². The Balaban J connectivity index is 2.82. The van der Waals surface area contributed by atoms with E-state index in [1.54, 1.807) is 20.1 Å². The standard InChI is InChI=1S/C12H15FO2/c1-8-4-10(7-11(13)5-8)12(14)6-9(2)15-3/h4-5,7,9H,6H2,1-3H3. The van der Waals surface area contributed by atoms with Crippen LogP contribution < -0.4 is 0 Å². The Morgan fingerprint density at radius 3 is 2.67 bits per heavy atom. The van der Waals surface area contributed by atoms with Crippen molar-refractivity contribution in [1.82, 2.24) is 0 Å². The maximum atomic E-state index is 13.0. The summed E-state index contributed by atoms with van der Waals surface area (Å²) >= 11 is 0. The summed E-state index contributed by atoms with van der Waals surface area (Å²) in [5, 5.41) is 0. The van der Waals surface area contributed by atoms with Gasteiger partial charge in [0.2, 0.25) is 0 Å². The number of rotatable bonds is 4. The summed E-state index contributed by atoms with van der Waals surface area (Å²) < 4.78 is 18.0. The molecule has 0 heterocycles. The van der Waals surface area contributed by atoms with Crippen LogP contribution in [0.1, 0.15) is 29.3 Å². The van der Waals surface area contributed by atoms with E-state index in [0.717, 1.165) is 5.56 Å². The zero-order valence-electron chi connectivity index (χ0n) is 9.21. The van der Waals surface area contributed by atoms with Gasteiger partial charge in [-0.15, -0.1) is 0 Å². The minimum absolute atomic E-state index is 0.0908. The average Bonchev–Trinajstić information content (AvgIpc) is 2.16. The van der Waals surface area contributed by atoms with Gasteiger partial charge in [0.05, 0.1) is 6.10 Å². The van der Waals surface area contributed by atoms with Crippen LogP contribution in [0.3, 0.4) is 0 Å². The van der Waals surface area contributed by atoms with Crippen molar-refractivity contribution in [3.63, 3.8) is 0 Å². The van der Waals surface area contributed by atoms with E-state index in [9.17, 15) is 9.18 Å². The van der Waals surface area contributed by atoms with Gasteiger partial charge in [0.1, 0.15) is 5.82 Å². The van der Waals surface area contributed by atoms with Crippen molar-refractivity contribution in [3.05, 3.63) is 35.1 Å².